The topological polar surface area (TPSA) is 38.0 Å². The fraction of sp³-hybridized carbons (Fsp3) is 0.357. The summed E-state index contributed by atoms with van der Waals surface area (Å²) in [5.74, 6) is -1.37. The molecule has 2 aromatic rings. The molecule has 0 aliphatic rings. The third-order valence-electron chi connectivity index (χ3n) is 3.05. The number of nitrogens with zero attached hydrogens (tertiary/aromatic N) is 2. The highest BCUT2D eigenvalue weighted by atomic mass is 35.5. The van der Waals surface area contributed by atoms with E-state index in [1.165, 1.54) is 12.3 Å². The van der Waals surface area contributed by atoms with Crippen LogP contribution in [0.3, 0.4) is 0 Å². The van der Waals surface area contributed by atoms with Gasteiger partial charge in [0, 0.05) is 18.0 Å². The van der Waals surface area contributed by atoms with Crippen LogP contribution in [0.4, 0.5) is 8.78 Å². The number of hydrogen-bond donors (Lipinski definition) is 1. The Morgan fingerprint density at radius 1 is 1.30 bits per heavy atom. The molecule has 0 bridgehead atoms. The molecule has 108 valence electrons. The van der Waals surface area contributed by atoms with Crippen molar-refractivity contribution in [1.82, 2.24) is 9.78 Å². The van der Waals surface area contributed by atoms with Crippen LogP contribution < -0.4 is 0 Å². The molecule has 1 atom stereocenters. The highest BCUT2D eigenvalue weighted by molar-refractivity contribution is 6.31. The van der Waals surface area contributed by atoms with Crippen LogP contribution in [-0.4, -0.2) is 14.9 Å². The number of hydrogen-bond acceptors (Lipinski definition) is 2. The Labute approximate surface area is 120 Å². The van der Waals surface area contributed by atoms with Crippen LogP contribution in [0, 0.1) is 11.6 Å². The first-order valence-corrected chi connectivity index (χ1v) is 6.63. The van der Waals surface area contributed by atoms with Crippen LogP contribution >= 0.6 is 11.6 Å². The van der Waals surface area contributed by atoms with E-state index in [2.05, 4.69) is 5.10 Å². The van der Waals surface area contributed by atoms with Crippen molar-refractivity contribution in [2.45, 2.75) is 32.4 Å². The van der Waals surface area contributed by atoms with Crippen molar-refractivity contribution in [2.75, 3.05) is 0 Å². The molecule has 20 heavy (non-hydrogen) atoms. The molecule has 3 nitrogen and oxygen atoms in total. The summed E-state index contributed by atoms with van der Waals surface area (Å²) in [5, 5.41) is 14.6. The minimum Gasteiger partial charge on any atom is -0.386 e. The number of aromatic nitrogens is 2. The maximum absolute atomic E-state index is 13.6. The van der Waals surface area contributed by atoms with Crippen molar-refractivity contribution in [1.29, 1.82) is 0 Å². The minimum atomic E-state index is -1.13. The minimum absolute atomic E-state index is 0.0161. The molecule has 0 amide bonds. The molecule has 0 aliphatic heterocycles. The van der Waals surface area contributed by atoms with E-state index in [1.807, 2.05) is 13.8 Å². The molecule has 0 saturated heterocycles. The average molecular weight is 301 g/mol. The Morgan fingerprint density at radius 2 is 1.90 bits per heavy atom. The zero-order valence-electron chi connectivity index (χ0n) is 11.1. The van der Waals surface area contributed by atoms with Crippen LogP contribution in [0.25, 0.3) is 0 Å². The van der Waals surface area contributed by atoms with Gasteiger partial charge in [0.05, 0.1) is 16.9 Å². The van der Waals surface area contributed by atoms with Gasteiger partial charge in [-0.25, -0.2) is 8.78 Å². The van der Waals surface area contributed by atoms with E-state index in [1.54, 1.807) is 4.68 Å². The van der Waals surface area contributed by atoms with E-state index < -0.39 is 17.7 Å². The van der Waals surface area contributed by atoms with Gasteiger partial charge in [-0.15, -0.1) is 0 Å². The van der Waals surface area contributed by atoms with Crippen LogP contribution in [0.1, 0.15) is 37.3 Å². The van der Waals surface area contributed by atoms with Crippen molar-refractivity contribution in [3.8, 4) is 0 Å². The highest BCUT2D eigenvalue weighted by Gasteiger charge is 2.22. The van der Waals surface area contributed by atoms with Gasteiger partial charge >= 0.3 is 0 Å². The lowest BCUT2D eigenvalue weighted by Gasteiger charge is -2.17. The second kappa shape index (κ2) is 5.89. The van der Waals surface area contributed by atoms with Gasteiger partial charge in [-0.1, -0.05) is 17.7 Å². The summed E-state index contributed by atoms with van der Waals surface area (Å²) < 4.78 is 28.8. The van der Waals surface area contributed by atoms with Gasteiger partial charge in [0.1, 0.15) is 17.7 Å². The molecule has 0 aliphatic carbocycles. The summed E-state index contributed by atoms with van der Waals surface area (Å²) in [7, 11) is 0. The van der Waals surface area contributed by atoms with Gasteiger partial charge in [-0.3, -0.25) is 4.68 Å². The molecule has 6 heteroatoms. The summed E-state index contributed by atoms with van der Waals surface area (Å²) in [6.07, 6.45) is 0.0906. The Bertz CT molecular complexity index is 593. The van der Waals surface area contributed by atoms with Crippen molar-refractivity contribution < 1.29 is 13.9 Å². The average Bonchev–Trinajstić information content (AvgIpc) is 2.76. The first kappa shape index (κ1) is 14.9. The van der Waals surface area contributed by atoms with E-state index in [4.69, 9.17) is 11.6 Å². The Kier molecular flexibility index (Phi) is 4.40. The Balaban J connectivity index is 2.33. The SMILES string of the molecule is CC(C)n1ncc(Cl)c1C(O)Cc1c(F)cccc1F. The van der Waals surface area contributed by atoms with Gasteiger partial charge in [-0.2, -0.15) is 5.10 Å². The standard InChI is InChI=1S/C14H15ClF2N2O/c1-8(2)19-14(10(15)7-18-19)13(20)6-9-11(16)4-3-5-12(9)17/h3-5,7-8,13,20H,6H2,1-2H3. The third-order valence-corrected chi connectivity index (χ3v) is 3.34. The van der Waals surface area contributed by atoms with Crippen molar-refractivity contribution in [2.24, 2.45) is 0 Å². The van der Waals surface area contributed by atoms with E-state index in [9.17, 15) is 13.9 Å². The zero-order valence-corrected chi connectivity index (χ0v) is 11.9. The molecule has 0 saturated carbocycles. The second-order valence-electron chi connectivity index (χ2n) is 4.84. The molecule has 0 spiro atoms. The number of aliphatic hydroxyl groups is 1. The zero-order chi connectivity index (χ0) is 14.9. The van der Waals surface area contributed by atoms with E-state index in [-0.39, 0.29) is 23.0 Å². The predicted octanol–water partition coefficient (Wildman–Crippen LogP) is 3.67. The Hall–Kier alpha value is -1.46. The van der Waals surface area contributed by atoms with Crippen molar-refractivity contribution in [3.05, 3.63) is 52.3 Å². The molecule has 0 radical (unpaired) electrons. The molecular formula is C14H15ClF2N2O. The summed E-state index contributed by atoms with van der Waals surface area (Å²) in [4.78, 5) is 0. The van der Waals surface area contributed by atoms with Crippen LogP contribution in [0.2, 0.25) is 5.02 Å². The lowest BCUT2D eigenvalue weighted by molar-refractivity contribution is 0.162. The van der Waals surface area contributed by atoms with Gasteiger partial charge in [-0.05, 0) is 26.0 Å². The summed E-state index contributed by atoms with van der Waals surface area (Å²) in [5.41, 5.74) is 0.205. The highest BCUT2D eigenvalue weighted by Crippen LogP contribution is 2.29. The molecule has 1 aromatic heterocycles. The molecular weight excluding hydrogens is 286 g/mol. The van der Waals surface area contributed by atoms with Gasteiger partial charge in [0.2, 0.25) is 0 Å². The van der Waals surface area contributed by atoms with Crippen molar-refractivity contribution >= 4 is 11.6 Å². The fourth-order valence-electron chi connectivity index (χ4n) is 2.09. The molecule has 1 aromatic carbocycles. The molecule has 1 N–H and O–H groups in total. The van der Waals surface area contributed by atoms with E-state index >= 15 is 0 Å². The molecule has 0 fully saturated rings. The number of halogens is 3. The van der Waals surface area contributed by atoms with Crippen LogP contribution in [-0.2, 0) is 6.42 Å². The molecule has 1 unspecified atom stereocenters. The fourth-order valence-corrected chi connectivity index (χ4v) is 2.35. The van der Waals surface area contributed by atoms with Gasteiger partial charge < -0.3 is 5.11 Å². The quantitative estimate of drug-likeness (QED) is 0.935. The van der Waals surface area contributed by atoms with E-state index in [0.29, 0.717) is 5.69 Å². The summed E-state index contributed by atoms with van der Waals surface area (Å²) >= 11 is 6.00. The third kappa shape index (κ3) is 2.83. The summed E-state index contributed by atoms with van der Waals surface area (Å²) in [6, 6.07) is 3.59. The lowest BCUT2D eigenvalue weighted by Crippen LogP contribution is -2.14. The smallest absolute Gasteiger partial charge is 0.129 e. The molecule has 1 heterocycles. The lowest BCUT2D eigenvalue weighted by atomic mass is 10.0. The van der Waals surface area contributed by atoms with Gasteiger partial charge in [0.15, 0.2) is 0 Å². The number of rotatable bonds is 4. The monoisotopic (exact) mass is 300 g/mol. The van der Waals surface area contributed by atoms with Crippen LogP contribution in [0.15, 0.2) is 24.4 Å². The maximum Gasteiger partial charge on any atom is 0.129 e. The predicted molar refractivity (Wildman–Crippen MR) is 72.6 cm³/mol. The summed E-state index contributed by atoms with van der Waals surface area (Å²) in [6.45, 7) is 3.76. The molecule has 2 rings (SSSR count). The van der Waals surface area contributed by atoms with E-state index in [0.717, 1.165) is 12.1 Å². The maximum atomic E-state index is 13.6. The van der Waals surface area contributed by atoms with Crippen LogP contribution in [0.5, 0.6) is 0 Å². The largest absolute Gasteiger partial charge is 0.386 e. The first-order valence-electron chi connectivity index (χ1n) is 6.25. The van der Waals surface area contributed by atoms with Gasteiger partial charge in [0.25, 0.3) is 0 Å². The normalized spacial score (nSPS) is 12.9. The first-order chi connectivity index (χ1) is 9.41. The number of benzene rings is 1. The van der Waals surface area contributed by atoms with Crippen molar-refractivity contribution in [3.63, 3.8) is 0 Å². The number of aliphatic hydroxyl groups excluding tert-OH is 1. The Morgan fingerprint density at radius 3 is 2.45 bits per heavy atom. The second-order valence-corrected chi connectivity index (χ2v) is 5.24.